The van der Waals surface area contributed by atoms with Crippen molar-refractivity contribution >= 4 is 17.0 Å². The summed E-state index contributed by atoms with van der Waals surface area (Å²) >= 11 is 0. The quantitative estimate of drug-likeness (QED) is 0.393. The number of nitrogens with one attached hydrogen (secondary N) is 1. The molecule has 0 aromatic carbocycles. The van der Waals surface area contributed by atoms with Crippen molar-refractivity contribution in [1.29, 1.82) is 0 Å². The van der Waals surface area contributed by atoms with E-state index in [1.54, 1.807) is 47.7 Å². The van der Waals surface area contributed by atoms with Gasteiger partial charge in [0.1, 0.15) is 11.2 Å². The van der Waals surface area contributed by atoms with Crippen molar-refractivity contribution in [3.63, 3.8) is 0 Å². The van der Waals surface area contributed by atoms with Crippen molar-refractivity contribution < 1.29 is 5.11 Å². The van der Waals surface area contributed by atoms with Crippen LogP contribution in [0.3, 0.4) is 0 Å². The molecular weight excluding hydrogens is 404 g/mol. The number of rotatable bonds is 5. The van der Waals surface area contributed by atoms with E-state index in [9.17, 15) is 5.11 Å². The lowest BCUT2D eigenvalue weighted by atomic mass is 9.87. The van der Waals surface area contributed by atoms with E-state index < -0.39 is 5.60 Å². The molecule has 0 fully saturated rings. The second kappa shape index (κ2) is 7.54. The molecule has 0 radical (unpaired) electrons. The van der Waals surface area contributed by atoms with Gasteiger partial charge in [0.2, 0.25) is 5.95 Å². The molecule has 32 heavy (non-hydrogen) atoms. The predicted molar refractivity (Wildman–Crippen MR) is 121 cm³/mol. The fraction of sp³-hybridized carbons (Fsp3) is 0.174. The molecule has 0 bridgehead atoms. The first-order valence-corrected chi connectivity index (χ1v) is 10.2. The number of pyridine rings is 2. The summed E-state index contributed by atoms with van der Waals surface area (Å²) < 4.78 is 1.75. The molecule has 5 aromatic heterocycles. The van der Waals surface area contributed by atoms with Gasteiger partial charge < -0.3 is 15.8 Å². The van der Waals surface area contributed by atoms with Crippen LogP contribution >= 0.6 is 0 Å². The van der Waals surface area contributed by atoms with Crippen LogP contribution in [0.2, 0.25) is 0 Å². The highest BCUT2D eigenvalue weighted by molar-refractivity contribution is 5.95. The molecule has 0 unspecified atom stereocenters. The van der Waals surface area contributed by atoms with Crippen molar-refractivity contribution in [2.45, 2.75) is 18.9 Å². The first-order chi connectivity index (χ1) is 15.5. The van der Waals surface area contributed by atoms with E-state index in [4.69, 9.17) is 5.73 Å². The molecule has 0 aliphatic rings. The molecule has 9 nitrogen and oxygen atoms in total. The number of aryl methyl sites for hydroxylation is 1. The van der Waals surface area contributed by atoms with Gasteiger partial charge in [0.15, 0.2) is 0 Å². The molecule has 0 amide bonds. The van der Waals surface area contributed by atoms with Gasteiger partial charge in [-0.2, -0.15) is 5.10 Å². The van der Waals surface area contributed by atoms with E-state index >= 15 is 0 Å². The van der Waals surface area contributed by atoms with Crippen molar-refractivity contribution in [2.24, 2.45) is 7.05 Å². The third-order valence-electron chi connectivity index (χ3n) is 5.68. The molecule has 0 aliphatic carbocycles. The van der Waals surface area contributed by atoms with Crippen LogP contribution in [-0.2, 0) is 12.6 Å². The van der Waals surface area contributed by atoms with Gasteiger partial charge in [-0.25, -0.2) is 15.0 Å². The number of aromatic nitrogens is 7. The largest absolute Gasteiger partial charge is 0.379 e. The van der Waals surface area contributed by atoms with Crippen LogP contribution in [0.25, 0.3) is 33.4 Å². The molecular formula is C23H22N8O. The summed E-state index contributed by atoms with van der Waals surface area (Å²) in [7, 11) is 1.88. The lowest BCUT2D eigenvalue weighted by molar-refractivity contribution is 0.0719. The van der Waals surface area contributed by atoms with Gasteiger partial charge >= 0.3 is 0 Å². The molecule has 5 rings (SSSR count). The van der Waals surface area contributed by atoms with Crippen molar-refractivity contribution in [1.82, 2.24) is 34.7 Å². The average Bonchev–Trinajstić information content (AvgIpc) is 3.44. The minimum absolute atomic E-state index is 0.0872. The van der Waals surface area contributed by atoms with Gasteiger partial charge in [0, 0.05) is 60.1 Å². The minimum atomic E-state index is -1.32. The number of H-pyrrole nitrogens is 1. The van der Waals surface area contributed by atoms with Crippen LogP contribution in [0.1, 0.15) is 24.6 Å². The number of aromatic amines is 1. The molecule has 5 heterocycles. The van der Waals surface area contributed by atoms with Gasteiger partial charge in [0.25, 0.3) is 0 Å². The third-order valence-corrected chi connectivity index (χ3v) is 5.68. The number of nitrogens with two attached hydrogens (primary N) is 1. The fourth-order valence-corrected chi connectivity index (χ4v) is 3.92. The third kappa shape index (κ3) is 3.28. The highest BCUT2D eigenvalue weighted by Crippen LogP contribution is 2.35. The molecule has 0 spiro atoms. The van der Waals surface area contributed by atoms with Gasteiger partial charge in [-0.1, -0.05) is 6.92 Å². The lowest BCUT2D eigenvalue weighted by Gasteiger charge is -2.27. The number of hydrogen-bond donors (Lipinski definition) is 3. The Morgan fingerprint density at radius 1 is 1.12 bits per heavy atom. The Hall–Kier alpha value is -4.11. The van der Waals surface area contributed by atoms with E-state index in [0.29, 0.717) is 23.4 Å². The Kier molecular flexibility index (Phi) is 4.67. The Morgan fingerprint density at radius 3 is 2.66 bits per heavy atom. The summed E-state index contributed by atoms with van der Waals surface area (Å²) in [4.78, 5) is 20.6. The SMILES string of the molecule is CC[C@](O)(c1ccncc1)c1cc(-c2c[nH]c3ncc(-c4cnn(C)c4)cc23)nc(N)n1. The van der Waals surface area contributed by atoms with Crippen LogP contribution in [0, 0.1) is 0 Å². The number of nitrogens with zero attached hydrogens (tertiary/aromatic N) is 6. The van der Waals surface area contributed by atoms with Gasteiger partial charge in [0.05, 0.1) is 17.6 Å². The number of hydrogen-bond acceptors (Lipinski definition) is 7. The van der Waals surface area contributed by atoms with Crippen molar-refractivity contribution in [2.75, 3.05) is 5.73 Å². The van der Waals surface area contributed by atoms with Crippen LogP contribution < -0.4 is 5.73 Å². The van der Waals surface area contributed by atoms with Crippen molar-refractivity contribution in [3.05, 3.63) is 72.7 Å². The molecule has 9 heteroatoms. The second-order valence-electron chi connectivity index (χ2n) is 7.67. The molecule has 1 atom stereocenters. The standard InChI is InChI=1S/C23H22N8O/c1-3-23(32,16-4-6-25-7-5-16)20-9-19(29-22(24)30-20)18-12-27-21-17(18)8-14(10-26-21)15-11-28-31(2)13-15/h4-13,32H,3H2,1-2H3,(H,26,27)(H2,24,29,30)/t23-/m0/s1. The summed E-state index contributed by atoms with van der Waals surface area (Å²) in [6, 6.07) is 7.37. The Balaban J connectivity index is 1.65. The number of fused-ring (bicyclic) bond motifs is 1. The second-order valence-corrected chi connectivity index (χ2v) is 7.67. The summed E-state index contributed by atoms with van der Waals surface area (Å²) in [6.45, 7) is 1.90. The normalized spacial score (nSPS) is 13.3. The van der Waals surface area contributed by atoms with E-state index in [2.05, 4.69) is 30.0 Å². The smallest absolute Gasteiger partial charge is 0.220 e. The molecule has 160 valence electrons. The maximum atomic E-state index is 11.5. The number of nitrogen functional groups attached to an aromatic ring is 1. The topological polar surface area (TPSA) is 131 Å². The molecule has 0 saturated heterocycles. The van der Waals surface area contributed by atoms with E-state index in [1.807, 2.05) is 32.4 Å². The molecule has 0 aliphatic heterocycles. The predicted octanol–water partition coefficient (Wildman–Crippen LogP) is 3.04. The fourth-order valence-electron chi connectivity index (χ4n) is 3.92. The number of anilines is 1. The van der Waals surface area contributed by atoms with Crippen molar-refractivity contribution in [3.8, 4) is 22.4 Å². The van der Waals surface area contributed by atoms with Crippen LogP contribution in [0.15, 0.2) is 61.4 Å². The Bertz CT molecular complexity index is 1410. The zero-order valence-electron chi connectivity index (χ0n) is 17.7. The van der Waals surface area contributed by atoms with E-state index in [-0.39, 0.29) is 5.95 Å². The van der Waals surface area contributed by atoms with Gasteiger partial charge in [-0.15, -0.1) is 0 Å². The molecule has 5 aromatic rings. The first kappa shape index (κ1) is 19.8. The zero-order valence-corrected chi connectivity index (χ0v) is 17.7. The highest BCUT2D eigenvalue weighted by Gasteiger charge is 2.32. The van der Waals surface area contributed by atoms with E-state index in [1.165, 1.54) is 0 Å². The highest BCUT2D eigenvalue weighted by atomic mass is 16.3. The summed E-state index contributed by atoms with van der Waals surface area (Å²) in [5, 5.41) is 16.6. The minimum Gasteiger partial charge on any atom is -0.379 e. The van der Waals surface area contributed by atoms with Gasteiger partial charge in [-0.05, 0) is 36.2 Å². The van der Waals surface area contributed by atoms with E-state index in [0.717, 1.165) is 27.7 Å². The molecule has 4 N–H and O–H groups in total. The summed E-state index contributed by atoms with van der Waals surface area (Å²) in [5.74, 6) is 0.0872. The molecule has 0 saturated carbocycles. The maximum absolute atomic E-state index is 11.5. The lowest BCUT2D eigenvalue weighted by Crippen LogP contribution is -2.28. The monoisotopic (exact) mass is 426 g/mol. The maximum Gasteiger partial charge on any atom is 0.220 e. The first-order valence-electron chi connectivity index (χ1n) is 10.2. The van der Waals surface area contributed by atoms with Crippen LogP contribution in [0.4, 0.5) is 5.95 Å². The van der Waals surface area contributed by atoms with Gasteiger partial charge in [-0.3, -0.25) is 9.67 Å². The van der Waals surface area contributed by atoms with Crippen LogP contribution in [-0.4, -0.2) is 39.8 Å². The number of aliphatic hydroxyl groups is 1. The summed E-state index contributed by atoms with van der Waals surface area (Å²) in [6.07, 6.45) is 11.1. The summed E-state index contributed by atoms with van der Waals surface area (Å²) in [5.41, 5.74) is 9.94. The zero-order chi connectivity index (χ0) is 22.3. The van der Waals surface area contributed by atoms with Crippen LogP contribution in [0.5, 0.6) is 0 Å². The average molecular weight is 426 g/mol. The Labute approximate surface area is 184 Å². The Morgan fingerprint density at radius 2 is 1.94 bits per heavy atom.